The number of carbonyl (C=O) groups is 4. The van der Waals surface area contributed by atoms with Crippen molar-refractivity contribution in [1.82, 2.24) is 0 Å². The molecule has 3 N–H and O–H groups in total. The number of aliphatic hydroxyl groups is 1. The van der Waals surface area contributed by atoms with Crippen LogP contribution in [0.1, 0.15) is 460 Å². The number of hydrogen-bond acceptors (Lipinski definition) is 15. The van der Waals surface area contributed by atoms with E-state index in [4.69, 9.17) is 37.0 Å². The minimum Gasteiger partial charge on any atom is -0.462 e. The number of phosphoric ester groups is 2. The molecule has 0 aliphatic rings. The normalized spacial score (nSPS) is 14.4. The zero-order chi connectivity index (χ0) is 78.8. The third-order valence-electron chi connectivity index (χ3n) is 21.3. The fourth-order valence-electron chi connectivity index (χ4n) is 13.6. The van der Waals surface area contributed by atoms with E-state index in [1.165, 1.54) is 257 Å². The van der Waals surface area contributed by atoms with Gasteiger partial charge in [-0.3, -0.25) is 37.3 Å². The van der Waals surface area contributed by atoms with Crippen molar-refractivity contribution in [1.29, 1.82) is 0 Å². The number of phosphoric acid groups is 2. The molecule has 0 aromatic carbocycles. The van der Waals surface area contributed by atoms with E-state index in [1.807, 2.05) is 0 Å². The van der Waals surface area contributed by atoms with Crippen molar-refractivity contribution in [3.05, 3.63) is 0 Å². The van der Waals surface area contributed by atoms with E-state index in [1.54, 1.807) is 0 Å². The fraction of sp³-hybridized carbons (Fsp3) is 0.955. The summed E-state index contributed by atoms with van der Waals surface area (Å²) in [6.45, 7) is 14.4. The second-order valence-corrected chi connectivity index (χ2v) is 36.0. The summed E-state index contributed by atoms with van der Waals surface area (Å²) < 4.78 is 68.9. The van der Waals surface area contributed by atoms with Crippen LogP contribution < -0.4 is 0 Å². The van der Waals surface area contributed by atoms with Crippen molar-refractivity contribution in [2.45, 2.75) is 478 Å². The molecule has 0 bridgehead atoms. The summed E-state index contributed by atoms with van der Waals surface area (Å²) in [5.41, 5.74) is 0. The summed E-state index contributed by atoms with van der Waals surface area (Å²) in [6.07, 6.45) is 66.7. The molecule has 17 nitrogen and oxygen atoms in total. The molecular weight excluding hydrogens is 1390 g/mol. The Labute approximate surface area is 658 Å². The van der Waals surface area contributed by atoms with Crippen molar-refractivity contribution in [2.24, 2.45) is 23.7 Å². The molecular formula is C88H172O17P2. The molecule has 0 saturated heterocycles. The molecule has 0 amide bonds. The SMILES string of the molecule is CCC(C)CCCCCCCCCCCCCCCCCCCCC(=O)OC[C@H](COP(=O)(O)OC[C@@H](O)COP(=O)(O)OC[C@@H](COC(=O)CCCCCCCCC(C)CC)OC(=O)CCCCCCCCCCCCCCCC(C)C)OC(=O)CCCCCCCCCCCCCCCCCCC(C)C. The van der Waals surface area contributed by atoms with Gasteiger partial charge in [-0.25, -0.2) is 9.13 Å². The molecule has 19 heteroatoms. The Bertz CT molecular complexity index is 2080. The molecule has 636 valence electrons. The molecule has 0 aliphatic heterocycles. The summed E-state index contributed by atoms with van der Waals surface area (Å²) >= 11 is 0. The van der Waals surface area contributed by atoms with E-state index in [9.17, 15) is 43.2 Å². The highest BCUT2D eigenvalue weighted by atomic mass is 31.2. The lowest BCUT2D eigenvalue weighted by molar-refractivity contribution is -0.161. The first-order valence-electron chi connectivity index (χ1n) is 45.3. The second kappa shape index (κ2) is 76.7. The van der Waals surface area contributed by atoms with Crippen LogP contribution in [0.4, 0.5) is 0 Å². The zero-order valence-corrected chi connectivity index (χ0v) is 72.6. The van der Waals surface area contributed by atoms with Gasteiger partial charge in [0.2, 0.25) is 0 Å². The molecule has 0 heterocycles. The highest BCUT2D eigenvalue weighted by Crippen LogP contribution is 2.45. The van der Waals surface area contributed by atoms with Gasteiger partial charge in [-0.15, -0.1) is 0 Å². The summed E-state index contributed by atoms with van der Waals surface area (Å²) in [7, 11) is -9.93. The van der Waals surface area contributed by atoms with Crippen LogP contribution >= 0.6 is 15.6 Å². The maximum atomic E-state index is 13.2. The van der Waals surface area contributed by atoms with Crippen LogP contribution in [-0.2, 0) is 65.4 Å². The van der Waals surface area contributed by atoms with E-state index in [-0.39, 0.29) is 25.7 Å². The molecule has 0 radical (unpaired) electrons. The molecule has 107 heavy (non-hydrogen) atoms. The van der Waals surface area contributed by atoms with Gasteiger partial charge in [-0.2, -0.15) is 0 Å². The van der Waals surface area contributed by atoms with Crippen molar-refractivity contribution >= 4 is 39.5 Å². The number of esters is 4. The van der Waals surface area contributed by atoms with Crippen LogP contribution in [0.15, 0.2) is 0 Å². The van der Waals surface area contributed by atoms with Crippen LogP contribution in [0, 0.1) is 23.7 Å². The number of hydrogen-bond donors (Lipinski definition) is 3. The maximum absolute atomic E-state index is 13.2. The minimum absolute atomic E-state index is 0.106. The lowest BCUT2D eigenvalue weighted by Gasteiger charge is -2.21. The highest BCUT2D eigenvalue weighted by Gasteiger charge is 2.31. The molecule has 4 unspecified atom stereocenters. The van der Waals surface area contributed by atoms with Crippen molar-refractivity contribution < 1.29 is 80.2 Å². The topological polar surface area (TPSA) is 237 Å². The standard InChI is InChI=1S/C88H172O17P2/c1-9-80(7)66-58-50-42-36-30-24-18-13-11-12-14-19-25-31-37-43-52-60-68-85(90)98-74-83(104-87(92)70-62-54-44-38-32-26-20-16-15-17-22-28-34-40-48-56-64-78(3)4)76-102-106(94,95)100-72-82(89)73-101-107(96,97)103-77-84(75-99-86(91)69-61-53-47-46-51-59-67-81(8)10-2)105-88(93)71-63-55-45-39-33-27-21-23-29-35-41-49-57-65-79(5)6/h78-84,89H,9-77H2,1-8H3,(H,94,95)(H,96,97)/t80?,81?,82-,83-,84-/m1/s1. The van der Waals surface area contributed by atoms with E-state index in [0.29, 0.717) is 25.7 Å². The third kappa shape index (κ3) is 79.1. The molecule has 0 spiro atoms. The van der Waals surface area contributed by atoms with Gasteiger partial charge in [-0.05, 0) is 49.4 Å². The molecule has 0 aromatic rings. The lowest BCUT2D eigenvalue weighted by atomic mass is 9.99. The van der Waals surface area contributed by atoms with Gasteiger partial charge in [0, 0.05) is 25.7 Å². The molecule has 7 atom stereocenters. The highest BCUT2D eigenvalue weighted by molar-refractivity contribution is 7.47. The van der Waals surface area contributed by atoms with Crippen molar-refractivity contribution in [3.8, 4) is 0 Å². The average molecular weight is 1560 g/mol. The number of ether oxygens (including phenoxy) is 4. The molecule has 0 rings (SSSR count). The van der Waals surface area contributed by atoms with Gasteiger partial charge in [0.1, 0.15) is 19.3 Å². The Balaban J connectivity index is 5.22. The summed E-state index contributed by atoms with van der Waals surface area (Å²) in [4.78, 5) is 73.3. The zero-order valence-electron chi connectivity index (χ0n) is 70.8. The monoisotopic (exact) mass is 1560 g/mol. The predicted octanol–water partition coefficient (Wildman–Crippen LogP) is 26.7. The summed E-state index contributed by atoms with van der Waals surface area (Å²) in [5.74, 6) is 1.09. The van der Waals surface area contributed by atoms with Gasteiger partial charge in [-0.1, -0.05) is 409 Å². The molecule has 0 aromatic heterocycles. The van der Waals surface area contributed by atoms with E-state index in [0.717, 1.165) is 120 Å². The van der Waals surface area contributed by atoms with Gasteiger partial charge < -0.3 is 33.8 Å². The van der Waals surface area contributed by atoms with Crippen molar-refractivity contribution in [2.75, 3.05) is 39.6 Å². The predicted molar refractivity (Wildman–Crippen MR) is 441 cm³/mol. The number of aliphatic hydroxyl groups excluding tert-OH is 1. The number of unbranched alkanes of at least 4 members (excludes halogenated alkanes) is 49. The van der Waals surface area contributed by atoms with E-state index in [2.05, 4.69) is 55.4 Å². The Morgan fingerprint density at radius 1 is 0.262 bits per heavy atom. The lowest BCUT2D eigenvalue weighted by Crippen LogP contribution is -2.30. The van der Waals surface area contributed by atoms with Crippen LogP contribution in [-0.4, -0.2) is 96.7 Å². The quantitative estimate of drug-likeness (QED) is 0.0222. The first-order chi connectivity index (χ1) is 51.7. The molecule has 0 saturated carbocycles. The summed E-state index contributed by atoms with van der Waals surface area (Å²) in [6, 6.07) is 0. The van der Waals surface area contributed by atoms with E-state index >= 15 is 0 Å². The first kappa shape index (κ1) is 105. The smallest absolute Gasteiger partial charge is 0.462 e. The number of rotatable bonds is 85. The average Bonchev–Trinajstić information content (AvgIpc) is 0.901. The maximum Gasteiger partial charge on any atom is 0.472 e. The first-order valence-corrected chi connectivity index (χ1v) is 48.3. The Kier molecular flexibility index (Phi) is 75.3. The van der Waals surface area contributed by atoms with Crippen molar-refractivity contribution in [3.63, 3.8) is 0 Å². The third-order valence-corrected chi connectivity index (χ3v) is 23.2. The van der Waals surface area contributed by atoms with E-state index < -0.39 is 97.5 Å². The van der Waals surface area contributed by atoms with Gasteiger partial charge in [0.25, 0.3) is 0 Å². The minimum atomic E-state index is -4.97. The fourth-order valence-corrected chi connectivity index (χ4v) is 15.2. The van der Waals surface area contributed by atoms with Gasteiger partial charge in [0.05, 0.1) is 26.4 Å². The van der Waals surface area contributed by atoms with Crippen LogP contribution in [0.2, 0.25) is 0 Å². The van der Waals surface area contributed by atoms with Crippen LogP contribution in [0.3, 0.4) is 0 Å². The largest absolute Gasteiger partial charge is 0.472 e. The van der Waals surface area contributed by atoms with Crippen LogP contribution in [0.5, 0.6) is 0 Å². The Hall–Kier alpha value is -1.94. The van der Waals surface area contributed by atoms with Gasteiger partial charge >= 0.3 is 39.5 Å². The second-order valence-electron chi connectivity index (χ2n) is 33.1. The summed E-state index contributed by atoms with van der Waals surface area (Å²) in [5, 5.41) is 10.7. The molecule has 0 fully saturated rings. The molecule has 0 aliphatic carbocycles. The number of carbonyl (C=O) groups excluding carboxylic acids is 4. The Morgan fingerprint density at radius 3 is 0.664 bits per heavy atom. The van der Waals surface area contributed by atoms with Crippen LogP contribution in [0.25, 0.3) is 0 Å². The Morgan fingerprint density at radius 2 is 0.449 bits per heavy atom. The van der Waals surface area contributed by atoms with Gasteiger partial charge in [0.15, 0.2) is 12.2 Å².